The van der Waals surface area contributed by atoms with Crippen LogP contribution in [0.2, 0.25) is 5.02 Å². The van der Waals surface area contributed by atoms with Crippen LogP contribution in [0.4, 0.5) is 5.82 Å². The van der Waals surface area contributed by atoms with E-state index in [1.807, 2.05) is 0 Å². The molecule has 0 saturated carbocycles. The van der Waals surface area contributed by atoms with Gasteiger partial charge in [-0.15, -0.1) is 0 Å². The average Bonchev–Trinajstić information content (AvgIpc) is 3.37. The van der Waals surface area contributed by atoms with E-state index >= 15 is 0 Å². The Morgan fingerprint density at radius 2 is 2.12 bits per heavy atom. The van der Waals surface area contributed by atoms with Gasteiger partial charge in [0.25, 0.3) is 11.8 Å². The zero-order chi connectivity index (χ0) is 24.4. The maximum Gasteiger partial charge on any atom is 0.255 e. The number of amides is 2. The molecule has 0 aliphatic carbocycles. The second kappa shape index (κ2) is 9.77. The number of hydrogen-bond donors (Lipinski definition) is 5. The largest absolute Gasteiger partial charge is 0.483 e. The Kier molecular flexibility index (Phi) is 6.79. The number of aliphatic hydroxyl groups is 1. The van der Waals surface area contributed by atoms with Gasteiger partial charge < -0.3 is 36.7 Å². The third kappa shape index (κ3) is 4.59. The second-order valence-corrected chi connectivity index (χ2v) is 7.97. The van der Waals surface area contributed by atoms with Crippen molar-refractivity contribution in [1.82, 2.24) is 24.8 Å². The summed E-state index contributed by atoms with van der Waals surface area (Å²) < 4.78 is 12.7. The Hall–Kier alpha value is -3.52. The van der Waals surface area contributed by atoms with Gasteiger partial charge >= 0.3 is 0 Å². The van der Waals surface area contributed by atoms with Gasteiger partial charge in [0.05, 0.1) is 12.4 Å². The third-order valence-electron chi connectivity index (χ3n) is 5.30. The van der Waals surface area contributed by atoms with Gasteiger partial charge in [0.2, 0.25) is 0 Å². The highest BCUT2D eigenvalue weighted by molar-refractivity contribution is 6.30. The second-order valence-electron chi connectivity index (χ2n) is 7.54. The molecule has 180 valence electrons. The zero-order valence-corrected chi connectivity index (χ0v) is 18.8. The smallest absolute Gasteiger partial charge is 0.255 e. The van der Waals surface area contributed by atoms with Crippen molar-refractivity contribution in [1.29, 1.82) is 0 Å². The normalized spacial score (nSPS) is 22.0. The van der Waals surface area contributed by atoms with E-state index < -0.39 is 36.3 Å². The molecule has 2 aromatic heterocycles. The molecule has 0 unspecified atom stereocenters. The number of nitrogens with one attached hydrogen (secondary N) is 2. The number of aromatic nitrogens is 4. The number of imidazole rings is 1. The van der Waals surface area contributed by atoms with Crippen LogP contribution >= 0.6 is 11.6 Å². The zero-order valence-electron chi connectivity index (χ0n) is 18.0. The summed E-state index contributed by atoms with van der Waals surface area (Å²) in [7, 11) is 1.46. The molecule has 1 aliphatic rings. The number of benzene rings is 1. The van der Waals surface area contributed by atoms with Crippen molar-refractivity contribution in [3.63, 3.8) is 0 Å². The molecule has 13 nitrogen and oxygen atoms in total. The molecule has 0 spiro atoms. The van der Waals surface area contributed by atoms with Gasteiger partial charge in [-0.1, -0.05) is 11.6 Å². The molecular formula is C20H23ClN8O5. The summed E-state index contributed by atoms with van der Waals surface area (Å²) in [6.07, 6.45) is -0.404. The van der Waals surface area contributed by atoms with E-state index in [2.05, 4.69) is 25.6 Å². The number of primary amides is 1. The van der Waals surface area contributed by atoms with Crippen LogP contribution in [-0.2, 0) is 20.9 Å². The van der Waals surface area contributed by atoms with Gasteiger partial charge in [-0.2, -0.15) is 0 Å². The molecule has 34 heavy (non-hydrogen) atoms. The molecule has 0 bridgehead atoms. The van der Waals surface area contributed by atoms with Crippen molar-refractivity contribution in [2.75, 3.05) is 19.0 Å². The summed E-state index contributed by atoms with van der Waals surface area (Å²) in [6.45, 7) is -0.0422. The standard InChI is InChI=1S/C20H23ClN8O5/c1-24-19(32)16-13(23)15(31)20(34-16)29-8-28-14-17(26-7-27-18(14)29)25-5-9-4-10(21)2-3-11(9)33-6-12(22)30/h2-4,7-8,13,15-16,20,31H,5-6,23H2,1H3,(H2,22,30)(H,24,32)(H,25,26,27)/t13-,15+,16-,20+/m0/s1. The molecular weight excluding hydrogens is 468 g/mol. The number of likely N-dealkylation sites (N-methyl/N-ethyl adjacent to an activating group) is 1. The predicted octanol–water partition coefficient (Wildman–Crippen LogP) is -0.712. The fourth-order valence-electron chi connectivity index (χ4n) is 3.62. The number of halogens is 1. The first-order valence-electron chi connectivity index (χ1n) is 10.2. The lowest BCUT2D eigenvalue weighted by molar-refractivity contribution is -0.134. The molecule has 4 rings (SSSR count). The summed E-state index contributed by atoms with van der Waals surface area (Å²) in [4.78, 5) is 35.9. The van der Waals surface area contributed by atoms with E-state index in [-0.39, 0.29) is 13.2 Å². The van der Waals surface area contributed by atoms with Gasteiger partial charge in [0, 0.05) is 24.2 Å². The number of hydrogen-bond acceptors (Lipinski definition) is 10. The van der Waals surface area contributed by atoms with Crippen LogP contribution in [0.25, 0.3) is 11.2 Å². The number of ether oxygens (including phenoxy) is 2. The number of nitrogens with zero attached hydrogens (tertiary/aromatic N) is 4. The average molecular weight is 491 g/mol. The molecule has 1 saturated heterocycles. The number of rotatable bonds is 8. The van der Waals surface area contributed by atoms with E-state index in [1.54, 1.807) is 18.2 Å². The minimum Gasteiger partial charge on any atom is -0.483 e. The lowest BCUT2D eigenvalue weighted by atomic mass is 10.1. The summed E-state index contributed by atoms with van der Waals surface area (Å²) >= 11 is 6.11. The highest BCUT2D eigenvalue weighted by atomic mass is 35.5. The summed E-state index contributed by atoms with van der Waals surface area (Å²) in [6, 6.07) is 4.03. The van der Waals surface area contributed by atoms with Crippen LogP contribution in [0.5, 0.6) is 5.75 Å². The van der Waals surface area contributed by atoms with Crippen LogP contribution in [0.3, 0.4) is 0 Å². The van der Waals surface area contributed by atoms with Crippen molar-refractivity contribution in [2.24, 2.45) is 11.5 Å². The van der Waals surface area contributed by atoms with Crippen LogP contribution in [0, 0.1) is 0 Å². The van der Waals surface area contributed by atoms with Crippen molar-refractivity contribution in [3.8, 4) is 5.75 Å². The quantitative estimate of drug-likeness (QED) is 0.269. The molecule has 1 aromatic carbocycles. The Morgan fingerprint density at radius 3 is 2.85 bits per heavy atom. The minimum atomic E-state index is -1.16. The van der Waals surface area contributed by atoms with Crippen LogP contribution in [0.15, 0.2) is 30.9 Å². The Balaban J connectivity index is 1.57. The number of carbonyl (C=O) groups is 2. The number of carbonyl (C=O) groups excluding carboxylic acids is 2. The number of anilines is 1. The van der Waals surface area contributed by atoms with Crippen molar-refractivity contribution >= 4 is 40.4 Å². The lowest BCUT2D eigenvalue weighted by Crippen LogP contribution is -2.46. The van der Waals surface area contributed by atoms with E-state index in [1.165, 1.54) is 24.3 Å². The van der Waals surface area contributed by atoms with E-state index in [0.717, 1.165) is 0 Å². The SMILES string of the molecule is CNC(=O)[C@H]1O[C@@H](n2cnc3c(NCc4cc(Cl)ccc4OCC(N)=O)ncnc32)[C@H](O)[C@@H]1N. The topological polar surface area (TPSA) is 193 Å². The molecule has 3 aromatic rings. The van der Waals surface area contributed by atoms with Crippen LogP contribution < -0.4 is 26.8 Å². The summed E-state index contributed by atoms with van der Waals surface area (Å²) in [5.41, 5.74) is 12.6. The molecule has 2 amide bonds. The van der Waals surface area contributed by atoms with Crippen LogP contribution in [-0.4, -0.2) is 68.3 Å². The van der Waals surface area contributed by atoms with E-state index in [0.29, 0.717) is 33.3 Å². The third-order valence-corrected chi connectivity index (χ3v) is 5.53. The Bertz CT molecular complexity index is 1220. The van der Waals surface area contributed by atoms with E-state index in [4.69, 9.17) is 32.5 Å². The maximum atomic E-state index is 12.0. The van der Waals surface area contributed by atoms with Gasteiger partial charge in [0.15, 0.2) is 35.9 Å². The first-order valence-corrected chi connectivity index (χ1v) is 10.6. The van der Waals surface area contributed by atoms with Gasteiger partial charge in [-0.25, -0.2) is 15.0 Å². The van der Waals surface area contributed by atoms with Crippen LogP contribution in [0.1, 0.15) is 11.8 Å². The highest BCUT2D eigenvalue weighted by Gasteiger charge is 2.46. The Labute approximate surface area is 198 Å². The molecule has 1 aliphatic heterocycles. The predicted molar refractivity (Wildman–Crippen MR) is 121 cm³/mol. The van der Waals surface area contributed by atoms with Gasteiger partial charge in [-0.3, -0.25) is 14.2 Å². The fraction of sp³-hybridized carbons (Fsp3) is 0.350. The fourth-order valence-corrected chi connectivity index (χ4v) is 3.82. The van der Waals surface area contributed by atoms with Gasteiger partial charge in [-0.05, 0) is 18.2 Å². The lowest BCUT2D eigenvalue weighted by Gasteiger charge is -2.16. The van der Waals surface area contributed by atoms with Crippen molar-refractivity contribution in [2.45, 2.75) is 31.0 Å². The molecule has 7 N–H and O–H groups in total. The van der Waals surface area contributed by atoms with Crippen molar-refractivity contribution in [3.05, 3.63) is 41.4 Å². The molecule has 1 fully saturated rings. The monoisotopic (exact) mass is 490 g/mol. The highest BCUT2D eigenvalue weighted by Crippen LogP contribution is 2.32. The number of fused-ring (bicyclic) bond motifs is 1. The molecule has 14 heteroatoms. The first kappa shape index (κ1) is 23.6. The summed E-state index contributed by atoms with van der Waals surface area (Å²) in [5.74, 6) is -0.217. The number of nitrogens with two attached hydrogens (primary N) is 2. The maximum absolute atomic E-state index is 12.0. The minimum absolute atomic E-state index is 0.236. The molecule has 0 radical (unpaired) electrons. The van der Waals surface area contributed by atoms with Gasteiger partial charge in [0.1, 0.15) is 18.2 Å². The first-order chi connectivity index (χ1) is 16.3. The van der Waals surface area contributed by atoms with E-state index in [9.17, 15) is 14.7 Å². The summed E-state index contributed by atoms with van der Waals surface area (Å²) in [5, 5.41) is 16.7. The molecule has 4 atom stereocenters. The Morgan fingerprint density at radius 1 is 1.32 bits per heavy atom. The number of aliphatic hydroxyl groups excluding tert-OH is 1. The molecule has 3 heterocycles. The van der Waals surface area contributed by atoms with Crippen molar-refractivity contribution < 1.29 is 24.2 Å².